The Hall–Kier alpha value is -2.50. The molecule has 1 saturated carbocycles. The van der Waals surface area contributed by atoms with E-state index in [9.17, 15) is 14.7 Å². The number of carboxylic acids is 1. The van der Waals surface area contributed by atoms with Gasteiger partial charge in [0.25, 0.3) is 0 Å². The van der Waals surface area contributed by atoms with Crippen LogP contribution >= 0.6 is 0 Å². The van der Waals surface area contributed by atoms with Gasteiger partial charge in [0.15, 0.2) is 0 Å². The summed E-state index contributed by atoms with van der Waals surface area (Å²) in [6.45, 7) is 1.34. The lowest BCUT2D eigenvalue weighted by Crippen LogP contribution is -2.42. The van der Waals surface area contributed by atoms with Crippen LogP contribution in [0.25, 0.3) is 11.0 Å². The molecule has 1 saturated heterocycles. The Balaban J connectivity index is 1.33. The number of carbonyl (C=O) groups excluding carboxylic acids is 1. The number of para-hydroxylation sites is 1. The van der Waals surface area contributed by atoms with Crippen LogP contribution < -0.4 is 5.32 Å². The first-order chi connectivity index (χ1) is 12.1. The normalized spacial score (nSPS) is 25.3. The number of fused-ring (bicyclic) bond motifs is 2. The molecule has 6 heteroatoms. The maximum Gasteiger partial charge on any atom is 0.317 e. The van der Waals surface area contributed by atoms with Crippen molar-refractivity contribution < 1.29 is 19.1 Å². The number of hydrogen-bond donors (Lipinski definition) is 2. The highest BCUT2D eigenvalue weighted by atomic mass is 16.4. The van der Waals surface area contributed by atoms with E-state index in [1.54, 1.807) is 4.90 Å². The van der Waals surface area contributed by atoms with Crippen molar-refractivity contribution in [2.75, 3.05) is 19.6 Å². The summed E-state index contributed by atoms with van der Waals surface area (Å²) in [7, 11) is 0. The van der Waals surface area contributed by atoms with Crippen molar-refractivity contribution in [3.05, 3.63) is 36.1 Å². The smallest absolute Gasteiger partial charge is 0.317 e. The third-order valence-corrected chi connectivity index (χ3v) is 5.71. The number of nitrogens with one attached hydrogen (secondary N) is 1. The van der Waals surface area contributed by atoms with Gasteiger partial charge in [-0.05, 0) is 30.9 Å². The molecule has 2 aromatic rings. The van der Waals surface area contributed by atoms with Gasteiger partial charge >= 0.3 is 12.0 Å². The summed E-state index contributed by atoms with van der Waals surface area (Å²) in [5.74, 6) is 0.167. The molecule has 1 aromatic heterocycles. The quantitative estimate of drug-likeness (QED) is 0.895. The predicted octanol–water partition coefficient (Wildman–Crippen LogP) is 2.87. The first-order valence-electron chi connectivity index (χ1n) is 8.82. The van der Waals surface area contributed by atoms with Gasteiger partial charge in [-0.2, -0.15) is 0 Å². The van der Waals surface area contributed by atoms with Crippen LogP contribution in [0, 0.1) is 11.3 Å². The van der Waals surface area contributed by atoms with Crippen LogP contribution in [0.4, 0.5) is 4.79 Å². The number of likely N-dealkylation sites (tertiary alicyclic amines) is 1. The van der Waals surface area contributed by atoms with Crippen molar-refractivity contribution in [2.24, 2.45) is 11.3 Å². The van der Waals surface area contributed by atoms with Gasteiger partial charge in [-0.25, -0.2) is 4.79 Å². The fourth-order valence-corrected chi connectivity index (χ4v) is 4.36. The summed E-state index contributed by atoms with van der Waals surface area (Å²) >= 11 is 0. The van der Waals surface area contributed by atoms with Crippen molar-refractivity contribution in [1.29, 1.82) is 0 Å². The van der Waals surface area contributed by atoms with Gasteiger partial charge in [0.05, 0.1) is 5.41 Å². The minimum atomic E-state index is -0.757. The molecule has 0 spiro atoms. The van der Waals surface area contributed by atoms with E-state index in [0.29, 0.717) is 32.5 Å². The Labute approximate surface area is 145 Å². The van der Waals surface area contributed by atoms with Crippen LogP contribution in [-0.2, 0) is 11.2 Å². The number of amides is 2. The average molecular weight is 342 g/mol. The molecule has 2 atom stereocenters. The second-order valence-corrected chi connectivity index (χ2v) is 7.16. The highest BCUT2D eigenvalue weighted by Gasteiger charge is 2.55. The molecule has 1 aromatic carbocycles. The standard InChI is InChI=1S/C19H22N2O4/c22-17(23)19-8-3-5-14(19)11-21(12-19)18(24)20-9-7-15-10-13-4-1-2-6-16(13)25-15/h1-2,4,6,10,14H,3,5,7-9,11-12H2,(H,20,24)(H,22,23)/t14-,19+/m0/s1. The average Bonchev–Trinajstić information content (AvgIpc) is 3.26. The van der Waals surface area contributed by atoms with Crippen molar-refractivity contribution in [1.82, 2.24) is 10.2 Å². The number of urea groups is 1. The van der Waals surface area contributed by atoms with Gasteiger partial charge in [0.1, 0.15) is 11.3 Å². The van der Waals surface area contributed by atoms with E-state index in [2.05, 4.69) is 5.32 Å². The van der Waals surface area contributed by atoms with Crippen molar-refractivity contribution in [2.45, 2.75) is 25.7 Å². The summed E-state index contributed by atoms with van der Waals surface area (Å²) in [5, 5.41) is 13.5. The molecule has 0 unspecified atom stereocenters. The Morgan fingerprint density at radius 3 is 2.96 bits per heavy atom. The van der Waals surface area contributed by atoms with Crippen LogP contribution in [0.15, 0.2) is 34.7 Å². The van der Waals surface area contributed by atoms with E-state index in [1.807, 2.05) is 30.3 Å². The van der Waals surface area contributed by atoms with Crippen LogP contribution in [-0.4, -0.2) is 41.6 Å². The Morgan fingerprint density at radius 1 is 1.36 bits per heavy atom. The van der Waals surface area contributed by atoms with E-state index >= 15 is 0 Å². The number of nitrogens with zero attached hydrogens (tertiary/aromatic N) is 1. The van der Waals surface area contributed by atoms with Crippen LogP contribution in [0.5, 0.6) is 0 Å². The summed E-state index contributed by atoms with van der Waals surface area (Å²) in [6, 6.07) is 9.62. The summed E-state index contributed by atoms with van der Waals surface area (Å²) in [6.07, 6.45) is 3.13. The fraction of sp³-hybridized carbons (Fsp3) is 0.474. The van der Waals surface area contributed by atoms with Crippen LogP contribution in [0.1, 0.15) is 25.0 Å². The topological polar surface area (TPSA) is 82.8 Å². The second kappa shape index (κ2) is 6.10. The van der Waals surface area contributed by atoms with Gasteiger partial charge in [-0.1, -0.05) is 24.6 Å². The zero-order valence-electron chi connectivity index (χ0n) is 14.0. The van der Waals surface area contributed by atoms with E-state index in [0.717, 1.165) is 29.6 Å². The zero-order chi connectivity index (χ0) is 17.4. The minimum absolute atomic E-state index is 0.0890. The van der Waals surface area contributed by atoms with E-state index in [1.165, 1.54) is 0 Å². The molecule has 4 rings (SSSR count). The number of hydrogen-bond acceptors (Lipinski definition) is 3. The molecule has 1 aliphatic carbocycles. The monoisotopic (exact) mass is 342 g/mol. The molecule has 2 heterocycles. The SMILES string of the molecule is O=C(NCCc1cc2ccccc2o1)N1C[C@@H]2CCC[C@@]2(C(=O)O)C1. The molecular formula is C19H22N2O4. The number of benzene rings is 1. The summed E-state index contributed by atoms with van der Waals surface area (Å²) in [5.41, 5.74) is 0.121. The van der Waals surface area contributed by atoms with E-state index in [4.69, 9.17) is 4.42 Å². The summed E-state index contributed by atoms with van der Waals surface area (Å²) < 4.78 is 5.74. The van der Waals surface area contributed by atoms with Crippen molar-refractivity contribution in [3.8, 4) is 0 Å². The predicted molar refractivity (Wildman–Crippen MR) is 92.3 cm³/mol. The molecule has 0 radical (unpaired) electrons. The Morgan fingerprint density at radius 2 is 2.20 bits per heavy atom. The second-order valence-electron chi connectivity index (χ2n) is 7.16. The third-order valence-electron chi connectivity index (χ3n) is 5.71. The molecule has 2 N–H and O–H groups in total. The van der Waals surface area contributed by atoms with Gasteiger partial charge < -0.3 is 19.7 Å². The molecule has 0 bridgehead atoms. The lowest BCUT2D eigenvalue weighted by Gasteiger charge is -2.23. The number of carbonyl (C=O) groups is 2. The third kappa shape index (κ3) is 2.75. The van der Waals surface area contributed by atoms with Crippen LogP contribution in [0.3, 0.4) is 0 Å². The minimum Gasteiger partial charge on any atom is -0.481 e. The highest BCUT2D eigenvalue weighted by Crippen LogP contribution is 2.48. The Bertz CT molecular complexity index is 782. The molecule has 2 fully saturated rings. The summed E-state index contributed by atoms with van der Waals surface area (Å²) in [4.78, 5) is 25.7. The van der Waals surface area contributed by atoms with E-state index in [-0.39, 0.29) is 11.9 Å². The molecular weight excluding hydrogens is 320 g/mol. The number of aliphatic carboxylic acids is 1. The number of rotatable bonds is 4. The number of furan rings is 1. The molecule has 6 nitrogen and oxygen atoms in total. The highest BCUT2D eigenvalue weighted by molar-refractivity contribution is 5.80. The zero-order valence-corrected chi connectivity index (χ0v) is 14.0. The fourth-order valence-electron chi connectivity index (χ4n) is 4.36. The largest absolute Gasteiger partial charge is 0.481 e. The van der Waals surface area contributed by atoms with Gasteiger partial charge in [-0.15, -0.1) is 0 Å². The molecule has 2 aliphatic rings. The molecule has 132 valence electrons. The number of carboxylic acid groups (broad SMARTS) is 1. The molecule has 25 heavy (non-hydrogen) atoms. The first-order valence-corrected chi connectivity index (χ1v) is 8.82. The van der Waals surface area contributed by atoms with Crippen LogP contribution in [0.2, 0.25) is 0 Å². The van der Waals surface area contributed by atoms with Gasteiger partial charge in [0, 0.05) is 31.4 Å². The van der Waals surface area contributed by atoms with E-state index < -0.39 is 11.4 Å². The van der Waals surface area contributed by atoms with Crippen molar-refractivity contribution >= 4 is 23.0 Å². The van der Waals surface area contributed by atoms with Gasteiger partial charge in [0.2, 0.25) is 0 Å². The maximum absolute atomic E-state index is 12.4. The first kappa shape index (κ1) is 16.0. The lowest BCUT2D eigenvalue weighted by molar-refractivity contribution is -0.149. The van der Waals surface area contributed by atoms with Gasteiger partial charge in [-0.3, -0.25) is 4.79 Å². The molecule has 1 aliphatic heterocycles. The Kier molecular flexibility index (Phi) is 3.90. The molecule has 2 amide bonds. The van der Waals surface area contributed by atoms with Crippen molar-refractivity contribution in [3.63, 3.8) is 0 Å². The lowest BCUT2D eigenvalue weighted by atomic mass is 9.81. The maximum atomic E-state index is 12.4.